The zero-order valence-electron chi connectivity index (χ0n) is 14.7. The summed E-state index contributed by atoms with van der Waals surface area (Å²) in [4.78, 5) is 11.9. The fraction of sp³-hybridized carbons (Fsp3) is 0.389. The number of halogens is 1. The molecule has 1 aromatic heterocycles. The highest BCUT2D eigenvalue weighted by Crippen LogP contribution is 2.26. The molecule has 0 bridgehead atoms. The molecule has 1 aliphatic rings. The highest BCUT2D eigenvalue weighted by molar-refractivity contribution is 7.80. The summed E-state index contributed by atoms with van der Waals surface area (Å²) in [5, 5.41) is 17.8. The number of quaternary nitrogens is 1. The lowest BCUT2D eigenvalue weighted by Gasteiger charge is -2.30. The number of nitrogens with zero attached hydrogens (tertiary/aromatic N) is 1. The first kappa shape index (κ1) is 19.6. The number of nitro groups is 1. The van der Waals surface area contributed by atoms with Crippen molar-refractivity contribution in [1.82, 2.24) is 5.32 Å². The molecular formula is C18H22ClN4O3S+. The molecule has 0 radical (unpaired) electrons. The van der Waals surface area contributed by atoms with Crippen LogP contribution in [0.25, 0.3) is 0 Å². The number of benzene rings is 1. The summed E-state index contributed by atoms with van der Waals surface area (Å²) >= 11 is 11.5. The molecule has 3 N–H and O–H groups in total. The Morgan fingerprint density at radius 2 is 2.11 bits per heavy atom. The number of piperidine rings is 1. The van der Waals surface area contributed by atoms with Gasteiger partial charge in [0.2, 0.25) is 0 Å². The molecule has 1 atom stereocenters. The van der Waals surface area contributed by atoms with Gasteiger partial charge < -0.3 is 20.0 Å². The number of likely N-dealkylation sites (tertiary alicyclic amines) is 1. The van der Waals surface area contributed by atoms with Gasteiger partial charge in [0.05, 0.1) is 41.5 Å². The third kappa shape index (κ3) is 5.18. The smallest absolute Gasteiger partial charge is 0.271 e. The maximum Gasteiger partial charge on any atom is 0.271 e. The Balaban J connectivity index is 1.64. The van der Waals surface area contributed by atoms with Crippen LogP contribution >= 0.6 is 23.8 Å². The molecular weight excluding hydrogens is 388 g/mol. The summed E-state index contributed by atoms with van der Waals surface area (Å²) < 4.78 is 5.64. The summed E-state index contributed by atoms with van der Waals surface area (Å²) in [5.41, 5.74) is 0.360. The zero-order valence-corrected chi connectivity index (χ0v) is 16.3. The predicted molar refractivity (Wildman–Crippen MR) is 108 cm³/mol. The van der Waals surface area contributed by atoms with Crippen LogP contribution in [0.1, 0.15) is 31.1 Å². The average molecular weight is 410 g/mol. The number of hydrogen-bond donors (Lipinski definition) is 3. The van der Waals surface area contributed by atoms with E-state index in [0.29, 0.717) is 22.4 Å². The minimum Gasteiger partial charge on any atom is -0.463 e. The zero-order chi connectivity index (χ0) is 19.2. The van der Waals surface area contributed by atoms with Gasteiger partial charge in [-0.05, 0) is 49.7 Å². The maximum absolute atomic E-state index is 10.9. The molecule has 9 heteroatoms. The van der Waals surface area contributed by atoms with Gasteiger partial charge in [0.15, 0.2) is 16.9 Å². The highest BCUT2D eigenvalue weighted by atomic mass is 35.5. The van der Waals surface area contributed by atoms with Crippen molar-refractivity contribution in [3.8, 4) is 0 Å². The fourth-order valence-corrected chi connectivity index (χ4v) is 3.73. The molecule has 2 aromatic rings. The van der Waals surface area contributed by atoms with E-state index in [-0.39, 0.29) is 11.7 Å². The first-order valence-corrected chi connectivity index (χ1v) is 9.70. The molecule has 1 saturated heterocycles. The van der Waals surface area contributed by atoms with E-state index in [4.69, 9.17) is 28.2 Å². The maximum atomic E-state index is 10.9. The van der Waals surface area contributed by atoms with E-state index in [2.05, 4.69) is 10.6 Å². The number of rotatable bonds is 6. The molecule has 27 heavy (non-hydrogen) atoms. The van der Waals surface area contributed by atoms with Crippen molar-refractivity contribution < 1.29 is 14.2 Å². The van der Waals surface area contributed by atoms with Crippen LogP contribution in [0.5, 0.6) is 0 Å². The molecule has 0 aliphatic carbocycles. The van der Waals surface area contributed by atoms with Crippen molar-refractivity contribution in [3.63, 3.8) is 0 Å². The second-order valence-corrected chi connectivity index (χ2v) is 7.36. The molecule has 144 valence electrons. The summed E-state index contributed by atoms with van der Waals surface area (Å²) in [6.07, 6.45) is 5.37. The van der Waals surface area contributed by atoms with Crippen molar-refractivity contribution in [2.45, 2.75) is 25.3 Å². The van der Waals surface area contributed by atoms with Gasteiger partial charge in [-0.3, -0.25) is 10.1 Å². The molecule has 0 spiro atoms. The molecule has 0 amide bonds. The van der Waals surface area contributed by atoms with Crippen LogP contribution in [0.4, 0.5) is 11.4 Å². The standard InChI is InChI=1S/C18H21ClN4O3S/c19-14-7-6-13(23(24)25)11-15(14)21-18(27)20-12-16(17-5-4-10-26-17)22-8-2-1-3-9-22/h4-7,10-11,16H,1-3,8-9,12H2,(H2,20,21,27)/p+1/t16-/m1/s1. The van der Waals surface area contributed by atoms with Crippen molar-refractivity contribution in [1.29, 1.82) is 0 Å². The van der Waals surface area contributed by atoms with Gasteiger partial charge in [0, 0.05) is 12.1 Å². The second kappa shape index (κ2) is 9.16. The van der Waals surface area contributed by atoms with Crippen molar-refractivity contribution in [2.75, 3.05) is 25.0 Å². The summed E-state index contributed by atoms with van der Waals surface area (Å²) in [6, 6.07) is 8.24. The molecule has 3 rings (SSSR count). The molecule has 7 nitrogen and oxygen atoms in total. The Morgan fingerprint density at radius 1 is 1.33 bits per heavy atom. The van der Waals surface area contributed by atoms with E-state index in [1.807, 2.05) is 12.1 Å². The Labute approximate surface area is 167 Å². The van der Waals surface area contributed by atoms with E-state index < -0.39 is 4.92 Å². The van der Waals surface area contributed by atoms with E-state index in [1.165, 1.54) is 42.4 Å². The van der Waals surface area contributed by atoms with Gasteiger partial charge in [0.25, 0.3) is 5.69 Å². The first-order chi connectivity index (χ1) is 13.0. The third-order valence-electron chi connectivity index (χ3n) is 4.75. The number of nitro benzene ring substituents is 1. The molecule has 0 unspecified atom stereocenters. The van der Waals surface area contributed by atoms with Crippen molar-refractivity contribution in [2.24, 2.45) is 0 Å². The van der Waals surface area contributed by atoms with E-state index in [0.717, 1.165) is 18.8 Å². The van der Waals surface area contributed by atoms with Crippen molar-refractivity contribution >= 4 is 40.3 Å². The lowest BCUT2D eigenvalue weighted by molar-refractivity contribution is -0.936. The van der Waals surface area contributed by atoms with Crippen LogP contribution < -0.4 is 15.5 Å². The van der Waals surface area contributed by atoms with E-state index >= 15 is 0 Å². The third-order valence-corrected chi connectivity index (χ3v) is 5.33. The minimum absolute atomic E-state index is 0.0454. The van der Waals surface area contributed by atoms with Crippen LogP contribution in [-0.4, -0.2) is 29.7 Å². The number of anilines is 1. The molecule has 1 aromatic carbocycles. The van der Waals surface area contributed by atoms with Gasteiger partial charge in [-0.25, -0.2) is 0 Å². The molecule has 1 aliphatic heterocycles. The van der Waals surface area contributed by atoms with Crippen LogP contribution in [-0.2, 0) is 0 Å². The van der Waals surface area contributed by atoms with Crippen LogP contribution in [0.15, 0.2) is 41.0 Å². The van der Waals surface area contributed by atoms with Gasteiger partial charge >= 0.3 is 0 Å². The summed E-state index contributed by atoms with van der Waals surface area (Å²) in [5.74, 6) is 0.926. The Hall–Kier alpha value is -2.16. The first-order valence-electron chi connectivity index (χ1n) is 8.91. The fourth-order valence-electron chi connectivity index (χ4n) is 3.37. The summed E-state index contributed by atoms with van der Waals surface area (Å²) in [6.45, 7) is 2.80. The highest BCUT2D eigenvalue weighted by Gasteiger charge is 2.28. The van der Waals surface area contributed by atoms with E-state index in [9.17, 15) is 10.1 Å². The number of hydrogen-bond acceptors (Lipinski definition) is 4. The SMILES string of the molecule is O=[N+]([O-])c1ccc(Cl)c(NC(=S)NC[C@H](c2ccco2)[NH+]2CCCCC2)c1. The molecule has 0 saturated carbocycles. The number of non-ortho nitro benzene ring substituents is 1. The Morgan fingerprint density at radius 3 is 2.78 bits per heavy atom. The topological polar surface area (TPSA) is 84.8 Å². The number of thiocarbonyl (C=S) groups is 1. The predicted octanol–water partition coefficient (Wildman–Crippen LogP) is 2.94. The number of nitrogens with one attached hydrogen (secondary N) is 3. The quantitative estimate of drug-likeness (QED) is 0.386. The van der Waals surface area contributed by atoms with Crippen LogP contribution in [0.3, 0.4) is 0 Å². The van der Waals surface area contributed by atoms with Gasteiger partial charge in [-0.2, -0.15) is 0 Å². The normalized spacial score (nSPS) is 15.9. The minimum atomic E-state index is -0.468. The van der Waals surface area contributed by atoms with Gasteiger partial charge in [-0.1, -0.05) is 11.6 Å². The molecule has 2 heterocycles. The lowest BCUT2D eigenvalue weighted by Crippen LogP contribution is -3.13. The Bertz CT molecular complexity index is 794. The monoisotopic (exact) mass is 409 g/mol. The van der Waals surface area contributed by atoms with E-state index in [1.54, 1.807) is 6.26 Å². The van der Waals surface area contributed by atoms with Crippen LogP contribution in [0.2, 0.25) is 5.02 Å². The Kier molecular flexibility index (Phi) is 6.65. The lowest BCUT2D eigenvalue weighted by atomic mass is 10.1. The number of furan rings is 1. The van der Waals surface area contributed by atoms with Crippen molar-refractivity contribution in [3.05, 3.63) is 57.5 Å². The largest absolute Gasteiger partial charge is 0.463 e. The second-order valence-electron chi connectivity index (χ2n) is 6.54. The summed E-state index contributed by atoms with van der Waals surface area (Å²) in [7, 11) is 0. The average Bonchev–Trinajstić information content (AvgIpc) is 3.19. The van der Waals surface area contributed by atoms with Gasteiger partial charge in [0.1, 0.15) is 0 Å². The van der Waals surface area contributed by atoms with Gasteiger partial charge in [-0.15, -0.1) is 0 Å². The molecule has 1 fully saturated rings. The van der Waals surface area contributed by atoms with Crippen LogP contribution in [0, 0.1) is 10.1 Å².